The number of hydrogen-bond acceptors (Lipinski definition) is 3. The summed E-state index contributed by atoms with van der Waals surface area (Å²) in [5.41, 5.74) is 0. The maximum Gasteiger partial charge on any atom is 0.0613 e. The van der Waals surface area contributed by atoms with Crippen molar-refractivity contribution in [1.82, 2.24) is 15.1 Å². The molecule has 1 rings (SSSR count). The first-order chi connectivity index (χ1) is 6.72. The molecule has 0 aromatic carbocycles. The van der Waals surface area contributed by atoms with Gasteiger partial charge in [0.05, 0.1) is 13.2 Å². The minimum absolute atomic E-state index is 0.380. The molecule has 0 amide bonds. The fraction of sp³-hybridized carbons (Fsp3) is 0.700. The maximum atomic E-state index is 5.05. The molecule has 0 saturated carbocycles. The molecule has 80 valence electrons. The van der Waals surface area contributed by atoms with Gasteiger partial charge in [0.1, 0.15) is 0 Å². The lowest BCUT2D eigenvalue weighted by molar-refractivity contribution is 0.165. The van der Waals surface area contributed by atoms with Crippen LogP contribution in [-0.2, 0) is 11.3 Å². The molecule has 1 aromatic rings. The minimum Gasteiger partial charge on any atom is -0.383 e. The third-order valence-corrected chi connectivity index (χ3v) is 2.01. The van der Waals surface area contributed by atoms with Gasteiger partial charge in [-0.05, 0) is 19.9 Å². The second kappa shape index (κ2) is 5.78. The Morgan fingerprint density at radius 1 is 1.43 bits per heavy atom. The van der Waals surface area contributed by atoms with Crippen molar-refractivity contribution in [2.24, 2.45) is 0 Å². The fourth-order valence-electron chi connectivity index (χ4n) is 1.53. The van der Waals surface area contributed by atoms with Crippen LogP contribution in [0, 0.1) is 0 Å². The predicted molar refractivity (Wildman–Crippen MR) is 56.2 cm³/mol. The van der Waals surface area contributed by atoms with Crippen molar-refractivity contribution in [2.45, 2.75) is 32.5 Å². The van der Waals surface area contributed by atoms with E-state index in [1.807, 2.05) is 16.9 Å². The zero-order chi connectivity index (χ0) is 10.4. The largest absolute Gasteiger partial charge is 0.383 e. The minimum atomic E-state index is 0.380. The van der Waals surface area contributed by atoms with Crippen LogP contribution in [0.4, 0.5) is 0 Å². The Labute approximate surface area is 85.3 Å². The third-order valence-electron chi connectivity index (χ3n) is 2.01. The summed E-state index contributed by atoms with van der Waals surface area (Å²) in [6.07, 6.45) is 3.77. The molecule has 0 aliphatic heterocycles. The molecule has 1 heterocycles. The summed E-state index contributed by atoms with van der Waals surface area (Å²) in [5.74, 6) is 0. The summed E-state index contributed by atoms with van der Waals surface area (Å²) in [7, 11) is 1.72. The van der Waals surface area contributed by atoms with Crippen LogP contribution in [0.2, 0.25) is 0 Å². The van der Waals surface area contributed by atoms with Crippen molar-refractivity contribution in [3.63, 3.8) is 0 Å². The zero-order valence-electron chi connectivity index (χ0n) is 9.10. The molecule has 4 nitrogen and oxygen atoms in total. The molecular weight excluding hydrogens is 178 g/mol. The number of rotatable bonds is 6. The van der Waals surface area contributed by atoms with E-state index in [0.29, 0.717) is 12.1 Å². The van der Waals surface area contributed by atoms with E-state index < -0.39 is 0 Å². The van der Waals surface area contributed by atoms with Gasteiger partial charge in [-0.15, -0.1) is 0 Å². The maximum absolute atomic E-state index is 5.05. The normalized spacial score (nSPS) is 15.4. The Bertz CT molecular complexity index is 236. The van der Waals surface area contributed by atoms with Crippen molar-refractivity contribution in [1.29, 1.82) is 0 Å². The van der Waals surface area contributed by atoms with Gasteiger partial charge in [-0.2, -0.15) is 5.10 Å². The second-order valence-electron chi connectivity index (χ2n) is 3.65. The summed E-state index contributed by atoms with van der Waals surface area (Å²) in [5, 5.41) is 7.59. The van der Waals surface area contributed by atoms with Gasteiger partial charge in [-0.25, -0.2) is 0 Å². The summed E-state index contributed by atoms with van der Waals surface area (Å²) >= 11 is 0. The lowest BCUT2D eigenvalue weighted by atomic mass is 10.2. The van der Waals surface area contributed by atoms with Crippen LogP contribution in [0.3, 0.4) is 0 Å². The number of ether oxygens (including phenoxy) is 1. The molecule has 1 aromatic heterocycles. The van der Waals surface area contributed by atoms with Gasteiger partial charge in [0.25, 0.3) is 0 Å². The molecule has 0 spiro atoms. The summed E-state index contributed by atoms with van der Waals surface area (Å²) < 4.78 is 6.98. The standard InChI is InChI=1S/C10H19N3O/c1-9(12-10(2)8-14-3)7-13-6-4-5-11-13/h4-6,9-10,12H,7-8H2,1-3H3. The highest BCUT2D eigenvalue weighted by Gasteiger charge is 2.07. The van der Waals surface area contributed by atoms with Gasteiger partial charge in [0.15, 0.2) is 0 Å². The predicted octanol–water partition coefficient (Wildman–Crippen LogP) is 0.896. The first kappa shape index (κ1) is 11.2. The average molecular weight is 197 g/mol. The van der Waals surface area contributed by atoms with Gasteiger partial charge in [0, 0.05) is 31.6 Å². The first-order valence-electron chi connectivity index (χ1n) is 4.94. The Morgan fingerprint density at radius 3 is 2.79 bits per heavy atom. The average Bonchev–Trinajstić information content (AvgIpc) is 2.56. The quantitative estimate of drug-likeness (QED) is 0.736. The highest BCUT2D eigenvalue weighted by atomic mass is 16.5. The summed E-state index contributed by atoms with van der Waals surface area (Å²) in [4.78, 5) is 0. The first-order valence-corrected chi connectivity index (χ1v) is 4.94. The molecule has 0 radical (unpaired) electrons. The lowest BCUT2D eigenvalue weighted by Crippen LogP contribution is -2.39. The molecule has 2 atom stereocenters. The Morgan fingerprint density at radius 2 is 2.21 bits per heavy atom. The molecule has 2 unspecified atom stereocenters. The Balaban J connectivity index is 2.25. The van der Waals surface area contributed by atoms with Crippen LogP contribution >= 0.6 is 0 Å². The molecule has 0 saturated heterocycles. The number of aromatic nitrogens is 2. The van der Waals surface area contributed by atoms with E-state index in [2.05, 4.69) is 24.3 Å². The van der Waals surface area contributed by atoms with Crippen molar-refractivity contribution >= 4 is 0 Å². The molecular formula is C10H19N3O. The Kier molecular flexibility index (Phi) is 4.62. The van der Waals surface area contributed by atoms with Crippen molar-refractivity contribution in [3.05, 3.63) is 18.5 Å². The molecule has 4 heteroatoms. The number of nitrogens with one attached hydrogen (secondary N) is 1. The number of nitrogens with zero attached hydrogens (tertiary/aromatic N) is 2. The van der Waals surface area contributed by atoms with Crippen LogP contribution in [-0.4, -0.2) is 35.6 Å². The smallest absolute Gasteiger partial charge is 0.0613 e. The third kappa shape index (κ3) is 3.89. The molecule has 1 N–H and O–H groups in total. The SMILES string of the molecule is COCC(C)NC(C)Cn1cccn1. The van der Waals surface area contributed by atoms with E-state index in [9.17, 15) is 0 Å². The van der Waals surface area contributed by atoms with Crippen molar-refractivity contribution in [2.75, 3.05) is 13.7 Å². The molecule has 0 fully saturated rings. The molecule has 0 aliphatic rings. The number of hydrogen-bond donors (Lipinski definition) is 1. The van der Waals surface area contributed by atoms with E-state index in [1.165, 1.54) is 0 Å². The topological polar surface area (TPSA) is 39.1 Å². The Hall–Kier alpha value is -0.870. The molecule has 0 aliphatic carbocycles. The van der Waals surface area contributed by atoms with Gasteiger partial charge in [-0.1, -0.05) is 0 Å². The van der Waals surface area contributed by atoms with Crippen molar-refractivity contribution < 1.29 is 4.74 Å². The van der Waals surface area contributed by atoms with Gasteiger partial charge in [0.2, 0.25) is 0 Å². The van der Waals surface area contributed by atoms with Gasteiger partial charge >= 0.3 is 0 Å². The molecule has 14 heavy (non-hydrogen) atoms. The van der Waals surface area contributed by atoms with E-state index in [0.717, 1.165) is 13.2 Å². The van der Waals surface area contributed by atoms with Gasteiger partial charge in [-0.3, -0.25) is 4.68 Å². The zero-order valence-corrected chi connectivity index (χ0v) is 9.10. The number of methoxy groups -OCH3 is 1. The lowest BCUT2D eigenvalue weighted by Gasteiger charge is -2.19. The van der Waals surface area contributed by atoms with E-state index in [-0.39, 0.29) is 0 Å². The van der Waals surface area contributed by atoms with Crippen LogP contribution in [0.5, 0.6) is 0 Å². The second-order valence-corrected chi connectivity index (χ2v) is 3.65. The highest BCUT2D eigenvalue weighted by Crippen LogP contribution is 1.93. The monoisotopic (exact) mass is 197 g/mol. The van der Waals surface area contributed by atoms with Crippen molar-refractivity contribution in [3.8, 4) is 0 Å². The van der Waals surface area contributed by atoms with Crippen LogP contribution in [0.25, 0.3) is 0 Å². The summed E-state index contributed by atoms with van der Waals surface area (Å²) in [6, 6.07) is 2.72. The van der Waals surface area contributed by atoms with E-state index in [1.54, 1.807) is 13.3 Å². The molecule has 0 bridgehead atoms. The van der Waals surface area contributed by atoms with E-state index in [4.69, 9.17) is 4.74 Å². The van der Waals surface area contributed by atoms with Crippen LogP contribution in [0.1, 0.15) is 13.8 Å². The van der Waals surface area contributed by atoms with Crippen LogP contribution in [0.15, 0.2) is 18.5 Å². The highest BCUT2D eigenvalue weighted by molar-refractivity contribution is 4.79. The van der Waals surface area contributed by atoms with Gasteiger partial charge < -0.3 is 10.1 Å². The van der Waals surface area contributed by atoms with Crippen LogP contribution < -0.4 is 5.32 Å². The fourth-order valence-corrected chi connectivity index (χ4v) is 1.53. The summed E-state index contributed by atoms with van der Waals surface area (Å²) in [6.45, 7) is 5.89. The van der Waals surface area contributed by atoms with E-state index >= 15 is 0 Å².